The van der Waals surface area contributed by atoms with Gasteiger partial charge in [0.1, 0.15) is 10.5 Å². The Morgan fingerprint density at radius 3 is 2.00 bits per heavy atom. The smallest absolute Gasteiger partial charge is 0.167 e. The van der Waals surface area contributed by atoms with Crippen molar-refractivity contribution in [1.29, 1.82) is 0 Å². The molecular formula is C6H14O3Si2. The number of ether oxygens (including phenoxy) is 2. The Morgan fingerprint density at radius 1 is 1.27 bits per heavy atom. The Bertz CT molecular complexity index is 122. The maximum absolute atomic E-state index is 5.57. The highest BCUT2D eigenvalue weighted by atomic mass is 28.3. The Balaban J connectivity index is 1.65. The van der Waals surface area contributed by atoms with Crippen molar-refractivity contribution in [3.05, 3.63) is 0 Å². The summed E-state index contributed by atoms with van der Waals surface area (Å²) in [5.41, 5.74) is 0. The van der Waals surface area contributed by atoms with Crippen LogP contribution >= 0.6 is 0 Å². The van der Waals surface area contributed by atoms with Gasteiger partial charge in [-0.1, -0.05) is 0 Å². The molecule has 0 aliphatic carbocycles. The minimum absolute atomic E-state index is 0.555. The zero-order valence-electron chi connectivity index (χ0n) is 6.79. The van der Waals surface area contributed by atoms with Crippen LogP contribution in [0.3, 0.4) is 0 Å². The molecule has 64 valence electrons. The van der Waals surface area contributed by atoms with Crippen molar-refractivity contribution in [2.24, 2.45) is 0 Å². The van der Waals surface area contributed by atoms with Gasteiger partial charge in [0.2, 0.25) is 0 Å². The van der Waals surface area contributed by atoms with Crippen LogP contribution in [0.5, 0.6) is 0 Å². The quantitative estimate of drug-likeness (QED) is 0.404. The summed E-state index contributed by atoms with van der Waals surface area (Å²) in [5, 5.41) is 0. The lowest BCUT2D eigenvalue weighted by atomic mass is 10.6. The Hall–Kier alpha value is 0.314. The van der Waals surface area contributed by atoms with Crippen molar-refractivity contribution in [3.8, 4) is 0 Å². The topological polar surface area (TPSA) is 34.3 Å². The van der Waals surface area contributed by atoms with Crippen LogP contribution < -0.4 is 0 Å². The molecule has 0 spiro atoms. The van der Waals surface area contributed by atoms with Crippen molar-refractivity contribution in [2.45, 2.75) is 24.3 Å². The first-order chi connectivity index (χ1) is 5.38. The molecule has 0 aromatic carbocycles. The fourth-order valence-corrected chi connectivity index (χ4v) is 4.73. The van der Waals surface area contributed by atoms with Crippen LogP contribution in [0.2, 0.25) is 12.1 Å². The Morgan fingerprint density at radius 2 is 1.73 bits per heavy atom. The summed E-state index contributed by atoms with van der Waals surface area (Å²) in [6.07, 6.45) is 1.11. The van der Waals surface area contributed by atoms with Crippen molar-refractivity contribution in [2.75, 3.05) is 13.2 Å². The van der Waals surface area contributed by atoms with Crippen LogP contribution in [0, 0.1) is 0 Å². The van der Waals surface area contributed by atoms with Gasteiger partial charge in [0.05, 0.1) is 25.4 Å². The summed E-state index contributed by atoms with van der Waals surface area (Å²) < 4.78 is 15.9. The molecule has 2 heterocycles. The van der Waals surface area contributed by atoms with Gasteiger partial charge in [0.25, 0.3) is 0 Å². The van der Waals surface area contributed by atoms with Crippen LogP contribution in [-0.4, -0.2) is 44.9 Å². The van der Waals surface area contributed by atoms with Crippen molar-refractivity contribution >= 4 is 19.5 Å². The van der Waals surface area contributed by atoms with Crippen LogP contribution in [0.1, 0.15) is 0 Å². The highest BCUT2D eigenvalue weighted by Gasteiger charge is 2.32. The van der Waals surface area contributed by atoms with Gasteiger partial charge in [-0.3, -0.25) is 0 Å². The third-order valence-corrected chi connectivity index (χ3v) is 6.96. The maximum Gasteiger partial charge on any atom is 0.167 e. The SMILES string of the molecule is [SiH3]O[SiH](CC1CO1)CC1CO1. The first kappa shape index (κ1) is 7.94. The summed E-state index contributed by atoms with van der Waals surface area (Å²) in [4.78, 5) is 0. The van der Waals surface area contributed by atoms with E-state index in [1.165, 1.54) is 12.1 Å². The van der Waals surface area contributed by atoms with E-state index in [1.54, 1.807) is 0 Å². The number of hydrogen-bond donors (Lipinski definition) is 0. The van der Waals surface area contributed by atoms with Gasteiger partial charge in [0.15, 0.2) is 9.04 Å². The molecule has 2 rings (SSSR count). The molecular weight excluding hydrogens is 176 g/mol. The predicted molar refractivity (Wildman–Crippen MR) is 47.3 cm³/mol. The molecule has 2 atom stereocenters. The molecule has 0 radical (unpaired) electrons. The van der Waals surface area contributed by atoms with E-state index in [0.717, 1.165) is 23.7 Å². The van der Waals surface area contributed by atoms with Gasteiger partial charge in [0, 0.05) is 0 Å². The van der Waals surface area contributed by atoms with Gasteiger partial charge in [-0.2, -0.15) is 0 Å². The molecule has 0 aromatic rings. The van der Waals surface area contributed by atoms with E-state index < -0.39 is 9.04 Å². The molecule has 0 amide bonds. The minimum Gasteiger partial charge on any atom is -0.465 e. The fourth-order valence-electron chi connectivity index (χ4n) is 1.28. The summed E-state index contributed by atoms with van der Waals surface area (Å²) >= 11 is 0. The molecule has 2 aliphatic rings. The zero-order chi connectivity index (χ0) is 7.68. The average Bonchev–Trinajstić information content (AvgIpc) is 2.78. The van der Waals surface area contributed by atoms with E-state index in [4.69, 9.17) is 13.6 Å². The summed E-state index contributed by atoms with van der Waals surface area (Å²) in [6, 6.07) is 2.42. The van der Waals surface area contributed by atoms with Gasteiger partial charge in [-0.05, 0) is 12.1 Å². The Kier molecular flexibility index (Phi) is 2.43. The van der Waals surface area contributed by atoms with E-state index in [1.807, 2.05) is 0 Å². The first-order valence-corrected chi connectivity index (χ1v) is 7.06. The second-order valence-corrected chi connectivity index (χ2v) is 7.31. The molecule has 11 heavy (non-hydrogen) atoms. The summed E-state index contributed by atoms with van der Waals surface area (Å²) in [5.74, 6) is 0. The fraction of sp³-hybridized carbons (Fsp3) is 1.00. The van der Waals surface area contributed by atoms with E-state index in [-0.39, 0.29) is 0 Å². The molecule has 0 saturated carbocycles. The molecule has 2 saturated heterocycles. The number of hydrogen-bond acceptors (Lipinski definition) is 3. The molecule has 0 aromatic heterocycles. The molecule has 3 nitrogen and oxygen atoms in total. The van der Waals surface area contributed by atoms with Gasteiger partial charge >= 0.3 is 0 Å². The molecule has 2 aliphatic heterocycles. The molecule has 2 fully saturated rings. The first-order valence-electron chi connectivity index (χ1n) is 4.14. The summed E-state index contributed by atoms with van der Waals surface area (Å²) in [6.45, 7) is 1.94. The zero-order valence-corrected chi connectivity index (χ0v) is 9.94. The monoisotopic (exact) mass is 190 g/mol. The average molecular weight is 190 g/mol. The third kappa shape index (κ3) is 2.68. The standard InChI is InChI=1S/C6H14O3Si2/c10-9-11(3-5-1-7-5)4-6-2-8-6/h5-6,11H,1-4H2,10H3. The van der Waals surface area contributed by atoms with E-state index in [9.17, 15) is 0 Å². The Labute approximate surface area is 71.3 Å². The van der Waals surface area contributed by atoms with Crippen molar-refractivity contribution in [1.82, 2.24) is 0 Å². The van der Waals surface area contributed by atoms with Crippen LogP contribution in [0.4, 0.5) is 0 Å². The molecule has 5 heteroatoms. The predicted octanol–water partition coefficient (Wildman–Crippen LogP) is -1.20. The van der Waals surface area contributed by atoms with E-state index in [2.05, 4.69) is 0 Å². The lowest BCUT2D eigenvalue weighted by Crippen LogP contribution is -2.20. The summed E-state index contributed by atoms with van der Waals surface area (Å²) in [7, 11) is -0.00269. The van der Waals surface area contributed by atoms with Crippen molar-refractivity contribution < 1.29 is 13.6 Å². The molecule has 2 unspecified atom stereocenters. The van der Waals surface area contributed by atoms with Crippen LogP contribution in [0.15, 0.2) is 0 Å². The van der Waals surface area contributed by atoms with Gasteiger partial charge in [-0.15, -0.1) is 0 Å². The van der Waals surface area contributed by atoms with E-state index >= 15 is 0 Å². The second kappa shape index (κ2) is 3.36. The molecule has 0 N–H and O–H groups in total. The lowest BCUT2D eigenvalue weighted by Gasteiger charge is -2.09. The van der Waals surface area contributed by atoms with Crippen LogP contribution in [-0.2, 0) is 13.6 Å². The normalized spacial score (nSPS) is 37.1. The highest BCUT2D eigenvalue weighted by Crippen LogP contribution is 2.23. The number of epoxide rings is 2. The third-order valence-electron chi connectivity index (χ3n) is 2.19. The second-order valence-electron chi connectivity index (χ2n) is 3.24. The van der Waals surface area contributed by atoms with Gasteiger partial charge in [-0.25, -0.2) is 0 Å². The van der Waals surface area contributed by atoms with Gasteiger partial charge < -0.3 is 13.6 Å². The van der Waals surface area contributed by atoms with Crippen LogP contribution in [0.25, 0.3) is 0 Å². The lowest BCUT2D eigenvalue weighted by molar-refractivity contribution is 0.407. The van der Waals surface area contributed by atoms with Crippen molar-refractivity contribution in [3.63, 3.8) is 0 Å². The van der Waals surface area contributed by atoms with E-state index in [0.29, 0.717) is 12.2 Å². The maximum atomic E-state index is 5.57. The number of rotatable bonds is 5. The molecule has 0 bridgehead atoms. The minimum atomic E-state index is -0.892. The largest absolute Gasteiger partial charge is 0.465 e. The highest BCUT2D eigenvalue weighted by molar-refractivity contribution is 6.56.